The average molecular weight is 327 g/mol. The third-order valence-electron chi connectivity index (χ3n) is 4.66. The number of hydrogen-bond donors (Lipinski definition) is 1. The lowest BCUT2D eigenvalue weighted by atomic mass is 10.3. The van der Waals surface area contributed by atoms with Gasteiger partial charge in [0, 0.05) is 38.4 Å². The number of nitrogens with one attached hydrogen (secondary N) is 1. The van der Waals surface area contributed by atoms with E-state index in [-0.39, 0.29) is 17.9 Å². The van der Waals surface area contributed by atoms with Crippen LogP contribution < -0.4 is 5.32 Å². The number of pyridine rings is 1. The largest absolute Gasteiger partial charge is 0.348 e. The molecule has 0 radical (unpaired) electrons. The monoisotopic (exact) mass is 327 g/mol. The van der Waals surface area contributed by atoms with Gasteiger partial charge in [0.15, 0.2) is 5.69 Å². The molecule has 0 spiro atoms. The topological polar surface area (TPSA) is 69.9 Å². The number of imidazole rings is 1. The summed E-state index contributed by atoms with van der Waals surface area (Å²) in [6.07, 6.45) is 3.83. The van der Waals surface area contributed by atoms with Crippen LogP contribution in [0.5, 0.6) is 0 Å². The van der Waals surface area contributed by atoms with Crippen molar-refractivity contribution in [3.8, 4) is 0 Å². The molecule has 1 saturated carbocycles. The van der Waals surface area contributed by atoms with Crippen LogP contribution in [0.25, 0.3) is 5.52 Å². The quantitative estimate of drug-likeness (QED) is 0.897. The van der Waals surface area contributed by atoms with Crippen molar-refractivity contribution in [1.29, 1.82) is 0 Å². The maximum atomic E-state index is 12.9. The second-order valence-electron chi connectivity index (χ2n) is 6.58. The number of aromatic nitrogens is 2. The van der Waals surface area contributed by atoms with E-state index in [9.17, 15) is 9.59 Å². The molecule has 7 heteroatoms. The maximum Gasteiger partial charge on any atom is 0.290 e. The van der Waals surface area contributed by atoms with Gasteiger partial charge in [-0.25, -0.2) is 4.98 Å². The number of nitrogens with zero attached hydrogens (tertiary/aromatic N) is 4. The Bertz CT molecular complexity index is 787. The number of likely N-dealkylation sites (N-methyl/N-ethyl adjacent to an activating group) is 1. The highest BCUT2D eigenvalue weighted by Gasteiger charge is 2.29. The van der Waals surface area contributed by atoms with E-state index < -0.39 is 0 Å². The summed E-state index contributed by atoms with van der Waals surface area (Å²) in [6.45, 7) is 3.06. The highest BCUT2D eigenvalue weighted by molar-refractivity contribution is 6.02. The van der Waals surface area contributed by atoms with Gasteiger partial charge in [-0.05, 0) is 32.0 Å². The number of piperazine rings is 1. The van der Waals surface area contributed by atoms with Crippen LogP contribution in [-0.2, 0) is 0 Å². The summed E-state index contributed by atoms with van der Waals surface area (Å²) >= 11 is 0. The summed E-state index contributed by atoms with van der Waals surface area (Å²) in [6, 6.07) is 5.79. The normalized spacial score (nSPS) is 18.8. The number of hydrogen-bond acceptors (Lipinski definition) is 4. The Labute approximate surface area is 140 Å². The van der Waals surface area contributed by atoms with Gasteiger partial charge in [-0.15, -0.1) is 0 Å². The predicted octanol–water partition coefficient (Wildman–Crippen LogP) is 0.614. The molecular formula is C17H21N5O2. The van der Waals surface area contributed by atoms with Crippen LogP contribution in [-0.4, -0.2) is 70.3 Å². The van der Waals surface area contributed by atoms with Crippen molar-refractivity contribution in [2.75, 3.05) is 33.2 Å². The van der Waals surface area contributed by atoms with E-state index in [1.807, 2.05) is 30.1 Å². The standard InChI is InChI=1S/C17H21N5O2/c1-20-8-10-21(11-9-20)17(24)15-19-14(16(23)18-12-5-6-12)13-4-2-3-7-22(13)15/h2-4,7,12H,5-6,8-11H2,1H3,(H,18,23). The van der Waals surface area contributed by atoms with Crippen molar-refractivity contribution in [2.45, 2.75) is 18.9 Å². The van der Waals surface area contributed by atoms with Gasteiger partial charge in [-0.2, -0.15) is 0 Å². The molecule has 2 aliphatic rings. The van der Waals surface area contributed by atoms with Crippen LogP contribution in [0.4, 0.5) is 0 Å². The third-order valence-corrected chi connectivity index (χ3v) is 4.66. The summed E-state index contributed by atoms with van der Waals surface area (Å²) in [7, 11) is 2.05. The Hall–Kier alpha value is -2.41. The molecule has 126 valence electrons. The Kier molecular flexibility index (Phi) is 3.72. The van der Waals surface area contributed by atoms with E-state index in [2.05, 4.69) is 15.2 Å². The number of carbonyl (C=O) groups excluding carboxylic acids is 2. The Morgan fingerprint density at radius 2 is 1.92 bits per heavy atom. The molecule has 2 aromatic rings. The zero-order valence-electron chi connectivity index (χ0n) is 13.7. The van der Waals surface area contributed by atoms with Crippen LogP contribution in [0.1, 0.15) is 33.9 Å². The minimum Gasteiger partial charge on any atom is -0.348 e. The number of rotatable bonds is 3. The molecule has 2 amide bonds. The Morgan fingerprint density at radius 1 is 1.17 bits per heavy atom. The summed E-state index contributed by atoms with van der Waals surface area (Å²) in [5.74, 6) is 0.00417. The smallest absolute Gasteiger partial charge is 0.290 e. The summed E-state index contributed by atoms with van der Waals surface area (Å²) in [5, 5.41) is 2.95. The van der Waals surface area contributed by atoms with E-state index >= 15 is 0 Å². The van der Waals surface area contributed by atoms with Gasteiger partial charge >= 0.3 is 0 Å². The fourth-order valence-electron chi connectivity index (χ4n) is 2.99. The second kappa shape index (κ2) is 5.90. The number of amides is 2. The Balaban J connectivity index is 1.67. The molecule has 0 atom stereocenters. The lowest BCUT2D eigenvalue weighted by Gasteiger charge is -2.31. The molecule has 3 heterocycles. The summed E-state index contributed by atoms with van der Waals surface area (Å²) < 4.78 is 1.72. The minimum atomic E-state index is -0.196. The Morgan fingerprint density at radius 3 is 2.62 bits per heavy atom. The van der Waals surface area contributed by atoms with Crippen molar-refractivity contribution in [3.05, 3.63) is 35.9 Å². The lowest BCUT2D eigenvalue weighted by molar-refractivity contribution is 0.0651. The molecule has 1 aliphatic carbocycles. The molecule has 1 N–H and O–H groups in total. The SMILES string of the molecule is CN1CCN(C(=O)c2nc(C(=O)NC3CC3)c3ccccn23)CC1. The van der Waals surface area contributed by atoms with Gasteiger partial charge in [0.05, 0.1) is 5.52 Å². The van der Waals surface area contributed by atoms with Crippen molar-refractivity contribution >= 4 is 17.3 Å². The van der Waals surface area contributed by atoms with Gasteiger partial charge in [0.25, 0.3) is 11.8 Å². The lowest BCUT2D eigenvalue weighted by Crippen LogP contribution is -2.47. The van der Waals surface area contributed by atoms with Gasteiger partial charge in [-0.3, -0.25) is 14.0 Å². The fraction of sp³-hybridized carbons (Fsp3) is 0.471. The molecule has 2 fully saturated rings. The van der Waals surface area contributed by atoms with E-state index in [1.165, 1.54) is 0 Å². The summed E-state index contributed by atoms with van der Waals surface area (Å²) in [4.78, 5) is 33.7. The molecule has 4 rings (SSSR count). The van der Waals surface area contributed by atoms with Crippen LogP contribution in [0.15, 0.2) is 24.4 Å². The molecule has 1 saturated heterocycles. The van der Waals surface area contributed by atoms with Crippen LogP contribution in [0, 0.1) is 0 Å². The van der Waals surface area contributed by atoms with E-state index in [4.69, 9.17) is 0 Å². The first kappa shape index (κ1) is 15.1. The van der Waals surface area contributed by atoms with Crippen LogP contribution in [0.2, 0.25) is 0 Å². The van der Waals surface area contributed by atoms with Gasteiger partial charge in [0.1, 0.15) is 0 Å². The van der Waals surface area contributed by atoms with Crippen molar-refractivity contribution in [2.24, 2.45) is 0 Å². The van der Waals surface area contributed by atoms with Crippen molar-refractivity contribution in [3.63, 3.8) is 0 Å². The second-order valence-corrected chi connectivity index (χ2v) is 6.58. The molecule has 1 aliphatic heterocycles. The van der Waals surface area contributed by atoms with Crippen LogP contribution >= 0.6 is 0 Å². The fourth-order valence-corrected chi connectivity index (χ4v) is 2.99. The minimum absolute atomic E-state index is 0.116. The van der Waals surface area contributed by atoms with E-state index in [0.717, 1.165) is 25.9 Å². The summed E-state index contributed by atoms with van der Waals surface area (Å²) in [5.41, 5.74) is 1.01. The molecule has 0 aromatic carbocycles. The van der Waals surface area contributed by atoms with Crippen LogP contribution in [0.3, 0.4) is 0 Å². The molecular weight excluding hydrogens is 306 g/mol. The number of carbonyl (C=O) groups is 2. The van der Waals surface area contributed by atoms with Crippen molar-refractivity contribution in [1.82, 2.24) is 24.5 Å². The highest BCUT2D eigenvalue weighted by Crippen LogP contribution is 2.21. The zero-order valence-corrected chi connectivity index (χ0v) is 13.7. The van der Waals surface area contributed by atoms with E-state index in [1.54, 1.807) is 10.6 Å². The van der Waals surface area contributed by atoms with Crippen molar-refractivity contribution < 1.29 is 9.59 Å². The first-order valence-corrected chi connectivity index (χ1v) is 8.39. The maximum absolute atomic E-state index is 12.9. The van der Waals surface area contributed by atoms with Gasteiger partial charge in [0.2, 0.25) is 5.82 Å². The zero-order chi connectivity index (χ0) is 16.7. The molecule has 24 heavy (non-hydrogen) atoms. The molecule has 0 unspecified atom stereocenters. The third kappa shape index (κ3) is 2.75. The molecule has 0 bridgehead atoms. The van der Waals surface area contributed by atoms with Gasteiger partial charge < -0.3 is 15.1 Å². The predicted molar refractivity (Wildman–Crippen MR) is 89.1 cm³/mol. The first-order chi connectivity index (χ1) is 11.6. The first-order valence-electron chi connectivity index (χ1n) is 8.39. The highest BCUT2D eigenvalue weighted by atomic mass is 16.2. The number of fused-ring (bicyclic) bond motifs is 1. The molecule has 2 aromatic heterocycles. The molecule has 7 nitrogen and oxygen atoms in total. The van der Waals surface area contributed by atoms with E-state index in [0.29, 0.717) is 30.1 Å². The average Bonchev–Trinajstić information content (AvgIpc) is 3.32. The van der Waals surface area contributed by atoms with Gasteiger partial charge in [-0.1, -0.05) is 6.07 Å².